The molecule has 2 aromatic rings. The zero-order valence-corrected chi connectivity index (χ0v) is 12.3. The van der Waals surface area contributed by atoms with E-state index in [2.05, 4.69) is 20.9 Å². The summed E-state index contributed by atoms with van der Waals surface area (Å²) in [7, 11) is 0. The number of nitriles is 1. The maximum absolute atomic E-state index is 9.87. The molecule has 4 heteroatoms. The van der Waals surface area contributed by atoms with E-state index in [0.717, 1.165) is 24.4 Å². The predicted octanol–water partition coefficient (Wildman–Crippen LogP) is 2.75. The van der Waals surface area contributed by atoms with Gasteiger partial charge in [-0.05, 0) is 25.3 Å². The van der Waals surface area contributed by atoms with Crippen LogP contribution in [0.25, 0.3) is 0 Å². The fraction of sp³-hybridized carbons (Fsp3) is 0.412. The lowest BCUT2D eigenvalue weighted by atomic mass is 9.87. The second-order valence-corrected chi connectivity index (χ2v) is 5.72. The first-order valence-corrected chi connectivity index (χ1v) is 7.46. The Hall–Kier alpha value is -2.12. The van der Waals surface area contributed by atoms with Crippen LogP contribution in [0.15, 0.2) is 42.7 Å². The van der Waals surface area contributed by atoms with E-state index in [0.29, 0.717) is 6.04 Å². The number of nitrogens with one attached hydrogen (secondary N) is 1. The Labute approximate surface area is 125 Å². The van der Waals surface area contributed by atoms with E-state index in [9.17, 15) is 5.26 Å². The Morgan fingerprint density at radius 1 is 1.38 bits per heavy atom. The lowest BCUT2D eigenvalue weighted by Gasteiger charge is -2.29. The van der Waals surface area contributed by atoms with E-state index in [1.54, 1.807) is 6.20 Å². The molecule has 0 saturated heterocycles. The molecule has 21 heavy (non-hydrogen) atoms. The van der Waals surface area contributed by atoms with Crippen LogP contribution in [0.3, 0.4) is 0 Å². The van der Waals surface area contributed by atoms with Crippen molar-refractivity contribution in [3.63, 3.8) is 0 Å². The van der Waals surface area contributed by atoms with Gasteiger partial charge in [0, 0.05) is 31.4 Å². The molecular weight excluding hydrogens is 260 g/mol. The molecule has 1 saturated carbocycles. The number of hydrogen-bond donors (Lipinski definition) is 1. The van der Waals surface area contributed by atoms with Crippen LogP contribution in [-0.4, -0.2) is 15.6 Å². The number of hydrogen-bond acceptors (Lipinski definition) is 3. The van der Waals surface area contributed by atoms with Gasteiger partial charge in [-0.3, -0.25) is 5.32 Å². The summed E-state index contributed by atoms with van der Waals surface area (Å²) in [5.41, 5.74) is 0.441. The Morgan fingerprint density at radius 3 is 2.71 bits per heavy atom. The van der Waals surface area contributed by atoms with Crippen LogP contribution >= 0.6 is 0 Å². The summed E-state index contributed by atoms with van der Waals surface area (Å²) in [6.45, 7) is 2.78. The van der Waals surface area contributed by atoms with Gasteiger partial charge in [0.25, 0.3) is 0 Å². The molecule has 0 bridgehead atoms. The average Bonchev–Trinajstić information content (AvgIpc) is 3.25. The van der Waals surface area contributed by atoms with Crippen molar-refractivity contribution in [3.05, 3.63) is 54.1 Å². The van der Waals surface area contributed by atoms with Gasteiger partial charge in [-0.15, -0.1) is 0 Å². The quantitative estimate of drug-likeness (QED) is 0.885. The molecule has 1 N–H and O–H groups in total. The summed E-state index contributed by atoms with van der Waals surface area (Å²) in [4.78, 5) is 4.25. The minimum Gasteiger partial charge on any atom is -0.335 e. The highest BCUT2D eigenvalue weighted by Gasteiger charge is 2.37. The van der Waals surface area contributed by atoms with Gasteiger partial charge in [0.1, 0.15) is 11.4 Å². The fourth-order valence-electron chi connectivity index (χ4n) is 2.68. The standard InChI is InChI=1S/C17H20N4/c1-14-19-10-12-21(14)11-9-17(13-18,20-16-7-8-16)15-5-3-2-4-6-15/h2-6,10,12,16,20H,7-9,11H2,1H3. The topological polar surface area (TPSA) is 53.6 Å². The van der Waals surface area contributed by atoms with Crippen LogP contribution in [0.2, 0.25) is 0 Å². The third kappa shape index (κ3) is 2.98. The third-order valence-electron chi connectivity index (χ3n) is 4.14. The maximum Gasteiger partial charge on any atom is 0.134 e. The molecule has 1 aliphatic rings. The molecule has 1 aromatic heterocycles. The summed E-state index contributed by atoms with van der Waals surface area (Å²) >= 11 is 0. The second-order valence-electron chi connectivity index (χ2n) is 5.72. The van der Waals surface area contributed by atoms with Gasteiger partial charge in [-0.1, -0.05) is 30.3 Å². The van der Waals surface area contributed by atoms with Gasteiger partial charge in [-0.25, -0.2) is 4.98 Å². The van der Waals surface area contributed by atoms with Crippen LogP contribution in [0.4, 0.5) is 0 Å². The molecule has 1 aromatic carbocycles. The van der Waals surface area contributed by atoms with Crippen molar-refractivity contribution in [2.24, 2.45) is 0 Å². The summed E-state index contributed by atoms with van der Waals surface area (Å²) in [6.07, 6.45) is 6.85. The predicted molar refractivity (Wildman–Crippen MR) is 81.5 cm³/mol. The highest BCUT2D eigenvalue weighted by Crippen LogP contribution is 2.31. The normalized spacial score (nSPS) is 17.1. The van der Waals surface area contributed by atoms with Crippen LogP contribution in [0.5, 0.6) is 0 Å². The molecule has 1 heterocycles. The lowest BCUT2D eigenvalue weighted by molar-refractivity contribution is 0.368. The monoisotopic (exact) mass is 280 g/mol. The van der Waals surface area contributed by atoms with Crippen LogP contribution in [0.1, 0.15) is 30.7 Å². The first-order chi connectivity index (χ1) is 10.2. The largest absolute Gasteiger partial charge is 0.335 e. The van der Waals surface area contributed by atoms with Crippen molar-refractivity contribution in [1.82, 2.24) is 14.9 Å². The first-order valence-electron chi connectivity index (χ1n) is 7.46. The molecule has 4 nitrogen and oxygen atoms in total. The molecule has 1 unspecified atom stereocenters. The zero-order chi connectivity index (χ0) is 14.7. The fourth-order valence-corrected chi connectivity index (χ4v) is 2.68. The van der Waals surface area contributed by atoms with Crippen molar-refractivity contribution in [3.8, 4) is 6.07 Å². The zero-order valence-electron chi connectivity index (χ0n) is 12.3. The van der Waals surface area contributed by atoms with Crippen molar-refractivity contribution in [2.75, 3.05) is 0 Å². The van der Waals surface area contributed by atoms with Crippen molar-refractivity contribution in [1.29, 1.82) is 5.26 Å². The summed E-state index contributed by atoms with van der Waals surface area (Å²) in [5.74, 6) is 0.987. The van der Waals surface area contributed by atoms with Gasteiger partial charge in [0.15, 0.2) is 0 Å². The second kappa shape index (κ2) is 5.71. The molecule has 0 spiro atoms. The third-order valence-corrected chi connectivity index (χ3v) is 4.14. The lowest BCUT2D eigenvalue weighted by Crippen LogP contribution is -2.43. The minimum absolute atomic E-state index is 0.480. The molecule has 1 fully saturated rings. The summed E-state index contributed by atoms with van der Waals surface area (Å²) < 4.78 is 2.10. The minimum atomic E-state index is -0.612. The van der Waals surface area contributed by atoms with E-state index in [4.69, 9.17) is 0 Å². The Morgan fingerprint density at radius 2 is 2.14 bits per heavy atom. The van der Waals surface area contributed by atoms with E-state index >= 15 is 0 Å². The maximum atomic E-state index is 9.87. The van der Waals surface area contributed by atoms with Crippen molar-refractivity contribution in [2.45, 2.75) is 44.3 Å². The number of imidazole rings is 1. The SMILES string of the molecule is Cc1nccn1CCC(C#N)(NC1CC1)c1ccccc1. The highest BCUT2D eigenvalue weighted by molar-refractivity contribution is 5.32. The number of rotatable bonds is 6. The van der Waals surface area contributed by atoms with Crippen LogP contribution < -0.4 is 5.32 Å². The molecule has 0 amide bonds. The van der Waals surface area contributed by atoms with E-state index in [1.165, 1.54) is 12.8 Å². The summed E-state index contributed by atoms with van der Waals surface area (Å²) in [5, 5.41) is 13.4. The van der Waals surface area contributed by atoms with Crippen molar-refractivity contribution < 1.29 is 0 Å². The molecule has 108 valence electrons. The number of nitrogens with zero attached hydrogens (tertiary/aromatic N) is 3. The number of benzene rings is 1. The Balaban J connectivity index is 1.85. The van der Waals surface area contributed by atoms with Gasteiger partial charge in [0.05, 0.1) is 6.07 Å². The molecule has 0 radical (unpaired) electrons. The molecule has 1 aliphatic carbocycles. The van der Waals surface area contributed by atoms with E-state index < -0.39 is 5.54 Å². The molecule has 3 rings (SSSR count). The molecular formula is C17H20N4. The number of aromatic nitrogens is 2. The van der Waals surface area contributed by atoms with Crippen LogP contribution in [0, 0.1) is 18.3 Å². The Bertz CT molecular complexity index is 636. The van der Waals surface area contributed by atoms with Gasteiger partial charge in [0.2, 0.25) is 0 Å². The van der Waals surface area contributed by atoms with E-state index in [-0.39, 0.29) is 0 Å². The van der Waals surface area contributed by atoms with E-state index in [1.807, 2.05) is 43.5 Å². The van der Waals surface area contributed by atoms with Gasteiger partial charge in [-0.2, -0.15) is 5.26 Å². The van der Waals surface area contributed by atoms with Crippen molar-refractivity contribution >= 4 is 0 Å². The smallest absolute Gasteiger partial charge is 0.134 e. The number of aryl methyl sites for hydroxylation is 2. The average molecular weight is 280 g/mol. The van der Waals surface area contributed by atoms with Crippen LogP contribution in [-0.2, 0) is 12.1 Å². The summed E-state index contributed by atoms with van der Waals surface area (Å²) in [6, 6.07) is 13.1. The van der Waals surface area contributed by atoms with Gasteiger partial charge < -0.3 is 4.57 Å². The molecule has 0 aliphatic heterocycles. The highest BCUT2D eigenvalue weighted by atomic mass is 15.1. The molecule has 1 atom stereocenters. The Kier molecular flexibility index (Phi) is 3.76. The van der Waals surface area contributed by atoms with Gasteiger partial charge >= 0.3 is 0 Å². The first kappa shape index (κ1) is 13.8.